The van der Waals surface area contributed by atoms with Crippen LogP contribution in [0.2, 0.25) is 0 Å². The maximum absolute atomic E-state index is 4.67. The fourth-order valence-electron chi connectivity index (χ4n) is 2.29. The summed E-state index contributed by atoms with van der Waals surface area (Å²) in [7, 11) is 0. The van der Waals surface area contributed by atoms with Crippen molar-refractivity contribution in [3.63, 3.8) is 0 Å². The predicted molar refractivity (Wildman–Crippen MR) is 104 cm³/mol. The monoisotopic (exact) mass is 354 g/mol. The lowest BCUT2D eigenvalue weighted by atomic mass is 10.2. The van der Waals surface area contributed by atoms with E-state index in [2.05, 4.69) is 71.3 Å². The Morgan fingerprint density at radius 3 is 2.58 bits per heavy atom. The molecule has 1 unspecified atom stereocenters. The van der Waals surface area contributed by atoms with Gasteiger partial charge in [-0.05, 0) is 38.9 Å². The van der Waals surface area contributed by atoms with Gasteiger partial charge in [-0.1, -0.05) is 32.5 Å². The Morgan fingerprint density at radius 1 is 1.25 bits per heavy atom. The lowest BCUT2D eigenvalue weighted by Gasteiger charge is -2.16. The fraction of sp³-hybridized carbons (Fsp3) is 0.824. The minimum atomic E-state index is 0.432. The summed E-state index contributed by atoms with van der Waals surface area (Å²) < 4.78 is 2.25. The number of nitrogens with zero attached hydrogens (tertiary/aromatic N) is 4. The molecule has 7 heteroatoms. The Hall–Kier alpha value is -1.24. The van der Waals surface area contributed by atoms with E-state index in [1.165, 1.54) is 0 Å². The van der Waals surface area contributed by atoms with Crippen LogP contribution in [0.15, 0.2) is 10.1 Å². The molecule has 6 nitrogen and oxygen atoms in total. The number of thioether (sulfide) groups is 1. The first kappa shape index (κ1) is 20.8. The molecule has 0 saturated carbocycles. The van der Waals surface area contributed by atoms with Gasteiger partial charge in [0.25, 0.3) is 0 Å². The van der Waals surface area contributed by atoms with Crippen molar-refractivity contribution < 1.29 is 0 Å². The molecule has 1 aromatic rings. The van der Waals surface area contributed by atoms with Crippen molar-refractivity contribution in [2.45, 2.75) is 71.6 Å². The zero-order valence-corrected chi connectivity index (χ0v) is 16.9. The molecule has 0 fully saturated rings. The van der Waals surface area contributed by atoms with Gasteiger partial charge in [-0.15, -0.1) is 10.2 Å². The van der Waals surface area contributed by atoms with Crippen LogP contribution in [0.3, 0.4) is 0 Å². The van der Waals surface area contributed by atoms with Gasteiger partial charge in [-0.25, -0.2) is 0 Å². The highest BCUT2D eigenvalue weighted by molar-refractivity contribution is 7.98. The molecule has 1 rings (SSSR count). The molecule has 1 atom stereocenters. The predicted octanol–water partition coefficient (Wildman–Crippen LogP) is 2.94. The standard InChI is InChI=1S/C17H34N6S/c1-7-14(5)20-16(18-8-2)19-11-9-10-15-21-22-17(24-6)23(15)12-13(3)4/h13-14H,7-12H2,1-6H3,(H2,18,19,20). The van der Waals surface area contributed by atoms with E-state index < -0.39 is 0 Å². The topological polar surface area (TPSA) is 67.1 Å². The largest absolute Gasteiger partial charge is 0.357 e. The lowest BCUT2D eigenvalue weighted by molar-refractivity contribution is 0.477. The molecular formula is C17H34N6S. The first-order valence-electron chi connectivity index (χ1n) is 9.02. The number of aryl methyl sites for hydroxylation is 1. The van der Waals surface area contributed by atoms with Gasteiger partial charge in [0.15, 0.2) is 11.1 Å². The van der Waals surface area contributed by atoms with Gasteiger partial charge < -0.3 is 15.2 Å². The van der Waals surface area contributed by atoms with E-state index in [9.17, 15) is 0 Å². The van der Waals surface area contributed by atoms with Gasteiger partial charge >= 0.3 is 0 Å². The molecule has 0 aromatic carbocycles. The van der Waals surface area contributed by atoms with Gasteiger partial charge in [0.05, 0.1) is 0 Å². The summed E-state index contributed by atoms with van der Waals surface area (Å²) in [4.78, 5) is 4.67. The average Bonchev–Trinajstić information content (AvgIpc) is 2.92. The van der Waals surface area contributed by atoms with E-state index in [1.54, 1.807) is 11.8 Å². The fourth-order valence-corrected chi connectivity index (χ4v) is 2.81. The number of aromatic nitrogens is 3. The maximum atomic E-state index is 4.67. The van der Waals surface area contributed by atoms with Gasteiger partial charge in [0.2, 0.25) is 0 Å². The number of hydrogen-bond acceptors (Lipinski definition) is 4. The van der Waals surface area contributed by atoms with E-state index in [1.807, 2.05) is 0 Å². The van der Waals surface area contributed by atoms with E-state index in [-0.39, 0.29) is 0 Å². The Labute approximate surface area is 151 Å². The SMILES string of the molecule is CCNC(=NCCCc1nnc(SC)n1CC(C)C)NC(C)CC. The lowest BCUT2D eigenvalue weighted by Crippen LogP contribution is -2.42. The molecule has 0 aliphatic heterocycles. The molecule has 24 heavy (non-hydrogen) atoms. The van der Waals surface area contributed by atoms with Gasteiger partial charge in [0, 0.05) is 32.1 Å². The zero-order chi connectivity index (χ0) is 17.9. The number of hydrogen-bond donors (Lipinski definition) is 2. The molecule has 0 saturated heterocycles. The van der Waals surface area contributed by atoms with Crippen molar-refractivity contribution in [1.29, 1.82) is 0 Å². The molecule has 1 heterocycles. The zero-order valence-electron chi connectivity index (χ0n) is 16.1. The van der Waals surface area contributed by atoms with Crippen LogP contribution in [0.1, 0.15) is 53.3 Å². The van der Waals surface area contributed by atoms with Crippen molar-refractivity contribution in [3.8, 4) is 0 Å². The minimum Gasteiger partial charge on any atom is -0.357 e. The van der Waals surface area contributed by atoms with Gasteiger partial charge in [-0.3, -0.25) is 4.99 Å². The third-order valence-electron chi connectivity index (χ3n) is 3.69. The van der Waals surface area contributed by atoms with Gasteiger partial charge in [-0.2, -0.15) is 0 Å². The molecule has 1 aromatic heterocycles. The summed E-state index contributed by atoms with van der Waals surface area (Å²) in [5.41, 5.74) is 0. The minimum absolute atomic E-state index is 0.432. The second-order valence-electron chi connectivity index (χ2n) is 6.43. The van der Waals surface area contributed by atoms with Crippen molar-refractivity contribution in [2.24, 2.45) is 10.9 Å². The number of rotatable bonds is 10. The first-order chi connectivity index (χ1) is 11.5. The second-order valence-corrected chi connectivity index (χ2v) is 7.20. The number of guanidine groups is 1. The van der Waals surface area contributed by atoms with Crippen molar-refractivity contribution in [3.05, 3.63) is 5.82 Å². The average molecular weight is 355 g/mol. The molecule has 138 valence electrons. The van der Waals surface area contributed by atoms with E-state index >= 15 is 0 Å². The summed E-state index contributed by atoms with van der Waals surface area (Å²) in [6.07, 6.45) is 5.02. The van der Waals surface area contributed by atoms with Crippen LogP contribution >= 0.6 is 11.8 Å². The van der Waals surface area contributed by atoms with Crippen LogP contribution in [0.5, 0.6) is 0 Å². The van der Waals surface area contributed by atoms with Gasteiger partial charge in [0.1, 0.15) is 5.82 Å². The third-order valence-corrected chi connectivity index (χ3v) is 4.36. The van der Waals surface area contributed by atoms with Crippen LogP contribution in [-0.2, 0) is 13.0 Å². The maximum Gasteiger partial charge on any atom is 0.191 e. The van der Waals surface area contributed by atoms with Crippen molar-refractivity contribution in [2.75, 3.05) is 19.3 Å². The number of aliphatic imine (C=N–C) groups is 1. The highest BCUT2D eigenvalue weighted by atomic mass is 32.2. The molecule has 0 radical (unpaired) electrons. The number of nitrogens with one attached hydrogen (secondary N) is 2. The molecular weight excluding hydrogens is 320 g/mol. The van der Waals surface area contributed by atoms with Crippen LogP contribution in [-0.4, -0.2) is 46.1 Å². The van der Waals surface area contributed by atoms with Crippen LogP contribution in [0.4, 0.5) is 0 Å². The molecule has 0 spiro atoms. The summed E-state index contributed by atoms with van der Waals surface area (Å²) in [6.45, 7) is 13.5. The Bertz CT molecular complexity index is 497. The molecule has 0 aliphatic carbocycles. The van der Waals surface area contributed by atoms with E-state index in [4.69, 9.17) is 0 Å². The van der Waals surface area contributed by atoms with Crippen LogP contribution < -0.4 is 10.6 Å². The molecule has 0 amide bonds. The smallest absolute Gasteiger partial charge is 0.191 e. The summed E-state index contributed by atoms with van der Waals surface area (Å²) in [6, 6.07) is 0.432. The third kappa shape index (κ3) is 7.11. The summed E-state index contributed by atoms with van der Waals surface area (Å²) in [5, 5.41) is 16.4. The van der Waals surface area contributed by atoms with Crippen molar-refractivity contribution >= 4 is 17.7 Å². The normalized spacial score (nSPS) is 13.4. The highest BCUT2D eigenvalue weighted by Gasteiger charge is 2.12. The second kappa shape index (κ2) is 11.3. The molecule has 2 N–H and O–H groups in total. The molecule has 0 bridgehead atoms. The highest BCUT2D eigenvalue weighted by Crippen LogP contribution is 2.16. The Balaban J connectivity index is 2.59. The quantitative estimate of drug-likeness (QED) is 0.293. The van der Waals surface area contributed by atoms with E-state index in [0.717, 1.165) is 55.8 Å². The Kier molecular flexibility index (Phi) is 9.83. The Morgan fingerprint density at radius 2 is 2.00 bits per heavy atom. The van der Waals surface area contributed by atoms with Crippen LogP contribution in [0.25, 0.3) is 0 Å². The summed E-state index contributed by atoms with van der Waals surface area (Å²) in [5.74, 6) is 2.56. The summed E-state index contributed by atoms with van der Waals surface area (Å²) >= 11 is 1.66. The van der Waals surface area contributed by atoms with Crippen molar-refractivity contribution in [1.82, 2.24) is 25.4 Å². The van der Waals surface area contributed by atoms with E-state index in [0.29, 0.717) is 12.0 Å². The molecule has 0 aliphatic rings. The first-order valence-corrected chi connectivity index (χ1v) is 10.2. The van der Waals surface area contributed by atoms with Crippen LogP contribution in [0, 0.1) is 5.92 Å².